The fourth-order valence-electron chi connectivity index (χ4n) is 3.97. The number of nitrogens with zero attached hydrogens (tertiary/aromatic N) is 1. The predicted molar refractivity (Wildman–Crippen MR) is 118 cm³/mol. The first kappa shape index (κ1) is 22.0. The Balaban J connectivity index is 1.54. The summed E-state index contributed by atoms with van der Waals surface area (Å²) in [6.45, 7) is 6.75. The second kappa shape index (κ2) is 9.93. The van der Waals surface area contributed by atoms with Crippen LogP contribution in [0.2, 0.25) is 0 Å². The fourth-order valence-corrected chi connectivity index (χ4v) is 3.97. The molecule has 0 amide bonds. The molecule has 0 aromatic heterocycles. The van der Waals surface area contributed by atoms with Crippen molar-refractivity contribution in [2.45, 2.75) is 12.8 Å². The van der Waals surface area contributed by atoms with E-state index in [1.54, 1.807) is 19.1 Å². The van der Waals surface area contributed by atoms with Gasteiger partial charge in [0.1, 0.15) is 29.4 Å². The number of phenolic OH excluding ortho intramolecular Hbond substituents is 1. The van der Waals surface area contributed by atoms with Gasteiger partial charge in [-0.15, -0.1) is 0 Å². The molecule has 0 aliphatic carbocycles. The lowest BCUT2D eigenvalue weighted by Crippen LogP contribution is -2.38. The van der Waals surface area contributed by atoms with Gasteiger partial charge in [0.2, 0.25) is 5.88 Å². The van der Waals surface area contributed by atoms with Crippen LogP contribution in [0.1, 0.15) is 24.0 Å². The van der Waals surface area contributed by atoms with E-state index in [9.17, 15) is 9.90 Å². The number of ether oxygens (including phenoxy) is 4. The molecule has 170 valence electrons. The molecule has 4 rings (SSSR count). The summed E-state index contributed by atoms with van der Waals surface area (Å²) in [7, 11) is 0. The summed E-state index contributed by atoms with van der Waals surface area (Å²) in [6.07, 6.45) is 0. The van der Waals surface area contributed by atoms with E-state index in [-0.39, 0.29) is 23.8 Å². The van der Waals surface area contributed by atoms with E-state index in [1.807, 2.05) is 24.3 Å². The lowest BCUT2D eigenvalue weighted by Gasteiger charge is -2.28. The van der Waals surface area contributed by atoms with Crippen LogP contribution in [0.3, 0.4) is 0 Å². The smallest absolute Gasteiger partial charge is 0.340 e. The van der Waals surface area contributed by atoms with E-state index in [2.05, 4.69) is 4.90 Å². The molecule has 0 bridgehead atoms. The largest absolute Gasteiger partial charge is 0.508 e. The maximum atomic E-state index is 12.7. The summed E-state index contributed by atoms with van der Waals surface area (Å²) in [4.78, 5) is 15.0. The number of benzene rings is 2. The van der Waals surface area contributed by atoms with Gasteiger partial charge in [-0.2, -0.15) is 0 Å². The summed E-state index contributed by atoms with van der Waals surface area (Å²) in [5, 5.41) is 9.85. The van der Waals surface area contributed by atoms with Gasteiger partial charge >= 0.3 is 5.97 Å². The third kappa shape index (κ3) is 4.81. The molecule has 0 saturated carbocycles. The van der Waals surface area contributed by atoms with Crippen molar-refractivity contribution in [2.75, 3.05) is 46.1 Å². The van der Waals surface area contributed by atoms with Crippen molar-refractivity contribution in [3.63, 3.8) is 0 Å². The van der Waals surface area contributed by atoms with Crippen molar-refractivity contribution in [3.05, 3.63) is 65.0 Å². The van der Waals surface area contributed by atoms with Gasteiger partial charge < -0.3 is 29.8 Å². The molecule has 2 aliphatic rings. The van der Waals surface area contributed by atoms with Gasteiger partial charge in [0, 0.05) is 31.3 Å². The quantitative estimate of drug-likeness (QED) is 0.633. The Morgan fingerprint density at radius 2 is 1.94 bits per heavy atom. The Hall–Kier alpha value is -3.23. The van der Waals surface area contributed by atoms with Crippen molar-refractivity contribution in [3.8, 4) is 17.2 Å². The second-order valence-electron chi connectivity index (χ2n) is 7.63. The van der Waals surface area contributed by atoms with Gasteiger partial charge in [0.25, 0.3) is 0 Å². The number of morpholine rings is 1. The zero-order valence-electron chi connectivity index (χ0n) is 18.1. The monoisotopic (exact) mass is 440 g/mol. The third-order valence-corrected chi connectivity index (χ3v) is 5.57. The summed E-state index contributed by atoms with van der Waals surface area (Å²) >= 11 is 0. The van der Waals surface area contributed by atoms with Gasteiger partial charge in [-0.25, -0.2) is 4.79 Å². The normalized spacial score (nSPS) is 18.6. The Labute approximate surface area is 187 Å². The van der Waals surface area contributed by atoms with Crippen LogP contribution in [0.4, 0.5) is 0 Å². The number of fused-ring (bicyclic) bond motifs is 1. The summed E-state index contributed by atoms with van der Waals surface area (Å²) < 4.78 is 22.1. The zero-order valence-corrected chi connectivity index (χ0v) is 18.1. The second-order valence-corrected chi connectivity index (χ2v) is 7.63. The Morgan fingerprint density at radius 1 is 1.19 bits per heavy atom. The highest BCUT2D eigenvalue weighted by Gasteiger charge is 2.35. The average Bonchev–Trinajstić information content (AvgIpc) is 2.79. The molecule has 2 aromatic rings. The van der Waals surface area contributed by atoms with Crippen LogP contribution in [0.25, 0.3) is 0 Å². The molecule has 32 heavy (non-hydrogen) atoms. The first-order chi connectivity index (χ1) is 15.6. The van der Waals surface area contributed by atoms with Crippen LogP contribution < -0.4 is 15.2 Å². The maximum Gasteiger partial charge on any atom is 0.340 e. The molecule has 2 aliphatic heterocycles. The van der Waals surface area contributed by atoms with Crippen molar-refractivity contribution in [1.82, 2.24) is 4.90 Å². The molecular formula is C24H28N2O6. The molecular weight excluding hydrogens is 412 g/mol. The molecule has 8 heteroatoms. The van der Waals surface area contributed by atoms with Crippen LogP contribution in [0.5, 0.6) is 17.2 Å². The van der Waals surface area contributed by atoms with Gasteiger partial charge in [-0.1, -0.05) is 18.2 Å². The van der Waals surface area contributed by atoms with Gasteiger partial charge in [-0.05, 0) is 30.7 Å². The summed E-state index contributed by atoms with van der Waals surface area (Å²) in [5.41, 5.74) is 7.91. The van der Waals surface area contributed by atoms with Crippen LogP contribution in [-0.4, -0.2) is 62.0 Å². The van der Waals surface area contributed by atoms with E-state index in [1.165, 1.54) is 6.07 Å². The minimum Gasteiger partial charge on any atom is -0.508 e. The Bertz CT molecular complexity index is 982. The molecule has 2 aromatic carbocycles. The van der Waals surface area contributed by atoms with Crippen LogP contribution in [-0.2, 0) is 14.3 Å². The number of nitrogens with two attached hydrogens (primary N) is 1. The van der Waals surface area contributed by atoms with Crippen molar-refractivity contribution in [2.24, 2.45) is 5.73 Å². The lowest BCUT2D eigenvalue weighted by atomic mass is 9.83. The first-order valence-corrected chi connectivity index (χ1v) is 10.8. The molecule has 2 heterocycles. The SMILES string of the molecule is CCOC(=O)C1=C(N)Oc2cc(O)ccc2C1c1ccc(OCCN2CCOCC2)cc1. The Morgan fingerprint density at radius 3 is 2.66 bits per heavy atom. The molecule has 1 saturated heterocycles. The highest BCUT2D eigenvalue weighted by atomic mass is 16.5. The molecule has 8 nitrogen and oxygen atoms in total. The van der Waals surface area contributed by atoms with Crippen LogP contribution in [0.15, 0.2) is 53.9 Å². The van der Waals surface area contributed by atoms with Gasteiger partial charge in [0.15, 0.2) is 0 Å². The Kier molecular flexibility index (Phi) is 6.82. The van der Waals surface area contributed by atoms with E-state index >= 15 is 0 Å². The number of aromatic hydroxyl groups is 1. The molecule has 1 unspecified atom stereocenters. The van der Waals surface area contributed by atoms with Gasteiger partial charge in [-0.3, -0.25) is 4.90 Å². The average molecular weight is 440 g/mol. The molecule has 3 N–H and O–H groups in total. The minimum atomic E-state index is -0.528. The minimum absolute atomic E-state index is 0.0302. The van der Waals surface area contributed by atoms with Crippen molar-refractivity contribution < 1.29 is 28.8 Å². The summed E-state index contributed by atoms with van der Waals surface area (Å²) in [6, 6.07) is 12.3. The maximum absolute atomic E-state index is 12.7. The van der Waals surface area contributed by atoms with E-state index in [0.717, 1.165) is 49.7 Å². The van der Waals surface area contributed by atoms with E-state index in [0.29, 0.717) is 12.4 Å². The lowest BCUT2D eigenvalue weighted by molar-refractivity contribution is -0.139. The number of carbonyl (C=O) groups is 1. The zero-order chi connectivity index (χ0) is 22.5. The fraction of sp³-hybridized carbons (Fsp3) is 0.375. The number of rotatable bonds is 7. The molecule has 1 fully saturated rings. The van der Waals surface area contributed by atoms with E-state index in [4.69, 9.17) is 24.7 Å². The number of hydrogen-bond donors (Lipinski definition) is 2. The van der Waals surface area contributed by atoms with Crippen molar-refractivity contribution in [1.29, 1.82) is 0 Å². The van der Waals surface area contributed by atoms with Crippen LogP contribution in [0, 0.1) is 0 Å². The van der Waals surface area contributed by atoms with Gasteiger partial charge in [0.05, 0.1) is 25.7 Å². The standard InChI is InChI=1S/C24H28N2O6/c1-2-30-24(28)22-21(19-8-5-17(27)15-20(19)32-23(22)25)16-3-6-18(7-4-16)31-14-11-26-9-12-29-13-10-26/h3-8,15,21,27H,2,9-14,25H2,1H3. The first-order valence-electron chi connectivity index (χ1n) is 10.8. The highest BCUT2D eigenvalue weighted by molar-refractivity contribution is 5.92. The predicted octanol–water partition coefficient (Wildman–Crippen LogP) is 2.36. The number of hydrogen-bond acceptors (Lipinski definition) is 8. The topological polar surface area (TPSA) is 103 Å². The molecule has 0 spiro atoms. The number of esters is 1. The van der Waals surface area contributed by atoms with Crippen molar-refractivity contribution >= 4 is 5.97 Å². The number of phenols is 1. The summed E-state index contributed by atoms with van der Waals surface area (Å²) in [5.74, 6) is 0.165. The molecule has 0 radical (unpaired) electrons. The molecule has 1 atom stereocenters. The third-order valence-electron chi connectivity index (χ3n) is 5.57. The number of carbonyl (C=O) groups excluding carboxylic acids is 1. The highest BCUT2D eigenvalue weighted by Crippen LogP contribution is 2.44. The van der Waals surface area contributed by atoms with E-state index < -0.39 is 11.9 Å². The van der Waals surface area contributed by atoms with Crippen LogP contribution >= 0.6 is 0 Å².